The van der Waals surface area contributed by atoms with Gasteiger partial charge in [0.05, 0.1) is 0 Å². The zero-order valence-corrected chi connectivity index (χ0v) is 13.3. The lowest BCUT2D eigenvalue weighted by molar-refractivity contribution is 0.0740. The highest BCUT2D eigenvalue weighted by atomic mass is 16.2. The minimum atomic E-state index is -0.0510. The summed E-state index contributed by atoms with van der Waals surface area (Å²) in [6, 6.07) is 4.04. The van der Waals surface area contributed by atoms with Gasteiger partial charge in [-0.3, -0.25) is 4.79 Å². The van der Waals surface area contributed by atoms with Gasteiger partial charge in [0.15, 0.2) is 0 Å². The molecule has 2 aliphatic rings. The van der Waals surface area contributed by atoms with E-state index in [1.807, 2.05) is 4.90 Å². The minimum Gasteiger partial charge on any atom is -0.367 e. The van der Waals surface area contributed by atoms with Crippen LogP contribution in [0.4, 0.5) is 11.8 Å². The summed E-state index contributed by atoms with van der Waals surface area (Å²) < 4.78 is 0. The first-order valence-electron chi connectivity index (χ1n) is 8.19. The Kier molecular flexibility index (Phi) is 3.94. The normalized spacial score (nSPS) is 17.7. The molecule has 0 atom stereocenters. The largest absolute Gasteiger partial charge is 0.367 e. The third kappa shape index (κ3) is 3.27. The van der Waals surface area contributed by atoms with Crippen molar-refractivity contribution in [2.24, 2.45) is 0 Å². The highest BCUT2D eigenvalue weighted by Gasteiger charge is 2.25. The van der Waals surface area contributed by atoms with Gasteiger partial charge in [-0.05, 0) is 18.9 Å². The summed E-state index contributed by atoms with van der Waals surface area (Å²) in [6.07, 6.45) is 7.24. The van der Waals surface area contributed by atoms with Crippen molar-refractivity contribution in [3.05, 3.63) is 36.5 Å². The molecular weight excluding hydrogens is 306 g/mol. The van der Waals surface area contributed by atoms with E-state index in [0.29, 0.717) is 43.9 Å². The van der Waals surface area contributed by atoms with Crippen LogP contribution in [0.3, 0.4) is 0 Å². The van der Waals surface area contributed by atoms with E-state index < -0.39 is 0 Å². The molecule has 0 spiro atoms. The molecule has 0 bridgehead atoms. The Morgan fingerprint density at radius 1 is 1.04 bits per heavy atom. The molecular formula is C16H19N7O. The number of nitrogens with zero attached hydrogens (tertiary/aromatic N) is 6. The zero-order chi connectivity index (χ0) is 16.4. The van der Waals surface area contributed by atoms with Crippen molar-refractivity contribution in [2.75, 3.05) is 36.4 Å². The summed E-state index contributed by atoms with van der Waals surface area (Å²) in [7, 11) is 0. The van der Waals surface area contributed by atoms with Crippen LogP contribution in [-0.4, -0.2) is 63.0 Å². The maximum absolute atomic E-state index is 12.7. The number of aromatic nitrogens is 4. The molecule has 1 aliphatic heterocycles. The molecule has 1 aliphatic carbocycles. The topological polar surface area (TPSA) is 87.1 Å². The van der Waals surface area contributed by atoms with E-state index in [-0.39, 0.29) is 5.91 Å². The molecule has 2 aromatic heterocycles. The summed E-state index contributed by atoms with van der Waals surface area (Å²) in [5.41, 5.74) is 0.442. The highest BCUT2D eigenvalue weighted by molar-refractivity contribution is 5.93. The molecule has 0 aromatic carbocycles. The van der Waals surface area contributed by atoms with Crippen molar-refractivity contribution >= 4 is 17.7 Å². The molecule has 24 heavy (non-hydrogen) atoms. The van der Waals surface area contributed by atoms with Gasteiger partial charge >= 0.3 is 0 Å². The van der Waals surface area contributed by atoms with E-state index in [0.717, 1.165) is 18.7 Å². The Morgan fingerprint density at radius 2 is 1.79 bits per heavy atom. The summed E-state index contributed by atoms with van der Waals surface area (Å²) in [6.45, 7) is 2.70. The lowest BCUT2D eigenvalue weighted by Crippen LogP contribution is -2.49. The maximum Gasteiger partial charge on any atom is 0.272 e. The molecule has 1 N–H and O–H groups in total. The van der Waals surface area contributed by atoms with E-state index >= 15 is 0 Å². The van der Waals surface area contributed by atoms with Crippen molar-refractivity contribution in [3.63, 3.8) is 0 Å². The van der Waals surface area contributed by atoms with E-state index in [4.69, 9.17) is 0 Å². The molecule has 8 nitrogen and oxygen atoms in total. The predicted octanol–water partition coefficient (Wildman–Crippen LogP) is 0.803. The molecule has 8 heteroatoms. The number of amides is 1. The first-order chi connectivity index (χ1) is 11.8. The quantitative estimate of drug-likeness (QED) is 0.890. The van der Waals surface area contributed by atoms with Crippen LogP contribution in [0.15, 0.2) is 30.9 Å². The molecule has 1 amide bonds. The Labute approximate surface area is 140 Å². The molecule has 4 rings (SSSR count). The van der Waals surface area contributed by atoms with Crippen LogP contribution in [-0.2, 0) is 0 Å². The van der Waals surface area contributed by atoms with Crippen LogP contribution >= 0.6 is 0 Å². The summed E-state index contributed by atoms with van der Waals surface area (Å²) in [4.78, 5) is 33.4. The number of rotatable bonds is 4. The van der Waals surface area contributed by atoms with Gasteiger partial charge < -0.3 is 15.1 Å². The zero-order valence-electron chi connectivity index (χ0n) is 13.3. The summed E-state index contributed by atoms with van der Waals surface area (Å²) in [5, 5.41) is 3.30. The number of carbonyl (C=O) groups excluding carboxylic acids is 1. The van der Waals surface area contributed by atoms with Crippen molar-refractivity contribution in [2.45, 2.75) is 18.9 Å². The van der Waals surface area contributed by atoms with Crippen LogP contribution in [0.25, 0.3) is 0 Å². The van der Waals surface area contributed by atoms with Crippen molar-refractivity contribution in [1.29, 1.82) is 0 Å². The smallest absolute Gasteiger partial charge is 0.272 e. The van der Waals surface area contributed by atoms with E-state index in [1.165, 1.54) is 6.33 Å². The number of piperazine rings is 1. The average Bonchev–Trinajstić information content (AvgIpc) is 3.46. The minimum absolute atomic E-state index is 0.0510. The summed E-state index contributed by atoms with van der Waals surface area (Å²) >= 11 is 0. The van der Waals surface area contributed by atoms with Crippen LogP contribution in [0, 0.1) is 0 Å². The lowest BCUT2D eigenvalue weighted by atomic mass is 10.2. The fourth-order valence-corrected chi connectivity index (χ4v) is 2.72. The second kappa shape index (κ2) is 6.38. The van der Waals surface area contributed by atoms with Gasteiger partial charge in [0.25, 0.3) is 5.91 Å². The molecule has 2 fully saturated rings. The Morgan fingerprint density at radius 3 is 2.50 bits per heavy atom. The van der Waals surface area contributed by atoms with Crippen molar-refractivity contribution in [3.8, 4) is 0 Å². The second-order valence-corrected chi connectivity index (χ2v) is 6.04. The number of carbonyl (C=O) groups is 1. The fraction of sp³-hybridized carbons (Fsp3) is 0.438. The first-order valence-corrected chi connectivity index (χ1v) is 8.19. The summed E-state index contributed by atoms with van der Waals surface area (Å²) in [5.74, 6) is 1.39. The Hall–Kier alpha value is -2.77. The Bertz CT molecular complexity index is 711. The number of anilines is 2. The standard InChI is InChI=1S/C16H19N7O/c24-15(13-10-14(20-11-19-13)21-12-2-3-12)22-6-8-23(9-7-22)16-17-4-1-5-18-16/h1,4-5,10-12H,2-3,6-9H2,(H,19,20,21). The number of hydrogen-bond donors (Lipinski definition) is 1. The third-order valence-corrected chi connectivity index (χ3v) is 4.22. The van der Waals surface area contributed by atoms with Crippen LogP contribution in [0.2, 0.25) is 0 Å². The van der Waals surface area contributed by atoms with Gasteiger partial charge in [-0.15, -0.1) is 0 Å². The van der Waals surface area contributed by atoms with Gasteiger partial charge in [-0.2, -0.15) is 0 Å². The Balaban J connectivity index is 1.39. The van der Waals surface area contributed by atoms with Crippen LogP contribution < -0.4 is 10.2 Å². The van der Waals surface area contributed by atoms with Crippen LogP contribution in [0.5, 0.6) is 0 Å². The van der Waals surface area contributed by atoms with Gasteiger partial charge in [0, 0.05) is 50.7 Å². The molecule has 0 radical (unpaired) electrons. The molecule has 0 unspecified atom stereocenters. The molecule has 1 saturated heterocycles. The third-order valence-electron chi connectivity index (χ3n) is 4.22. The lowest BCUT2D eigenvalue weighted by Gasteiger charge is -2.34. The molecule has 124 valence electrons. The number of hydrogen-bond acceptors (Lipinski definition) is 7. The van der Waals surface area contributed by atoms with Gasteiger partial charge in [-0.1, -0.05) is 0 Å². The highest BCUT2D eigenvalue weighted by Crippen LogP contribution is 2.23. The number of nitrogens with one attached hydrogen (secondary N) is 1. The molecule has 3 heterocycles. The van der Waals surface area contributed by atoms with E-state index in [9.17, 15) is 4.79 Å². The molecule has 2 aromatic rings. The predicted molar refractivity (Wildman–Crippen MR) is 88.8 cm³/mol. The SMILES string of the molecule is O=C(c1cc(NC2CC2)ncn1)N1CCN(c2ncccn2)CC1. The first kappa shape index (κ1) is 14.8. The van der Waals surface area contributed by atoms with Gasteiger partial charge in [-0.25, -0.2) is 19.9 Å². The van der Waals surface area contributed by atoms with E-state index in [1.54, 1.807) is 24.5 Å². The van der Waals surface area contributed by atoms with E-state index in [2.05, 4.69) is 30.2 Å². The van der Waals surface area contributed by atoms with Crippen molar-refractivity contribution in [1.82, 2.24) is 24.8 Å². The second-order valence-electron chi connectivity index (χ2n) is 6.04. The van der Waals surface area contributed by atoms with Gasteiger partial charge in [0.1, 0.15) is 17.8 Å². The molecule has 1 saturated carbocycles. The van der Waals surface area contributed by atoms with Crippen molar-refractivity contribution < 1.29 is 4.79 Å². The van der Waals surface area contributed by atoms with Gasteiger partial charge in [0.2, 0.25) is 5.95 Å². The maximum atomic E-state index is 12.7. The van der Waals surface area contributed by atoms with Crippen LogP contribution in [0.1, 0.15) is 23.3 Å². The average molecular weight is 325 g/mol. The monoisotopic (exact) mass is 325 g/mol. The fourth-order valence-electron chi connectivity index (χ4n) is 2.72.